The minimum absolute atomic E-state index is 0.315. The van der Waals surface area contributed by atoms with Crippen molar-refractivity contribution in [2.75, 3.05) is 13.7 Å². The van der Waals surface area contributed by atoms with E-state index in [0.717, 1.165) is 12.3 Å². The van der Waals surface area contributed by atoms with Gasteiger partial charge in [0.1, 0.15) is 5.54 Å². The number of nitrogens with one attached hydrogen (secondary N) is 1. The van der Waals surface area contributed by atoms with E-state index in [1.54, 1.807) is 0 Å². The van der Waals surface area contributed by atoms with Crippen molar-refractivity contribution >= 4 is 0 Å². The first-order valence-electron chi connectivity index (χ1n) is 7.13. The lowest BCUT2D eigenvalue weighted by molar-refractivity contribution is -0.0511. The average molecular weight is 252 g/mol. The molecule has 0 spiro atoms. The van der Waals surface area contributed by atoms with Gasteiger partial charge in [0, 0.05) is 0 Å². The Bertz CT molecular complexity index is 297. The molecule has 0 radical (unpaired) electrons. The summed E-state index contributed by atoms with van der Waals surface area (Å²) in [5, 5.41) is 12.2. The summed E-state index contributed by atoms with van der Waals surface area (Å²) >= 11 is 0. The monoisotopic (exact) mass is 252 g/mol. The Balaban J connectivity index is 2.59. The van der Waals surface area contributed by atoms with Crippen molar-refractivity contribution < 1.29 is 4.74 Å². The van der Waals surface area contributed by atoms with E-state index < -0.39 is 5.54 Å². The molecule has 0 saturated heterocycles. The number of nitriles is 1. The maximum atomic E-state index is 9.15. The molecule has 3 heteroatoms. The summed E-state index contributed by atoms with van der Waals surface area (Å²) in [4.78, 5) is 0. The fourth-order valence-electron chi connectivity index (χ4n) is 2.74. The van der Waals surface area contributed by atoms with Gasteiger partial charge in [-0.25, -0.2) is 0 Å². The first-order valence-corrected chi connectivity index (χ1v) is 7.13. The van der Waals surface area contributed by atoms with Crippen LogP contribution in [0.2, 0.25) is 0 Å². The van der Waals surface area contributed by atoms with Crippen molar-refractivity contribution in [2.24, 2.45) is 17.8 Å². The highest BCUT2D eigenvalue weighted by atomic mass is 16.5. The van der Waals surface area contributed by atoms with Gasteiger partial charge in [0.25, 0.3) is 0 Å². The molecule has 0 aromatic carbocycles. The Morgan fingerprint density at radius 2 is 2.11 bits per heavy atom. The van der Waals surface area contributed by atoms with Crippen molar-refractivity contribution in [1.29, 1.82) is 5.26 Å². The van der Waals surface area contributed by atoms with Crippen LogP contribution in [-0.2, 0) is 4.74 Å². The second kappa shape index (κ2) is 6.54. The molecule has 0 aromatic rings. The third kappa shape index (κ3) is 3.96. The molecule has 104 valence electrons. The van der Waals surface area contributed by atoms with Crippen molar-refractivity contribution in [3.63, 3.8) is 0 Å². The molecule has 1 fully saturated rings. The Morgan fingerprint density at radius 3 is 2.61 bits per heavy atom. The van der Waals surface area contributed by atoms with Crippen LogP contribution in [0.1, 0.15) is 47.0 Å². The van der Waals surface area contributed by atoms with Crippen LogP contribution >= 0.6 is 0 Å². The van der Waals surface area contributed by atoms with E-state index in [-0.39, 0.29) is 0 Å². The lowest BCUT2D eigenvalue weighted by Crippen LogP contribution is -2.45. The zero-order chi connectivity index (χ0) is 13.8. The Morgan fingerprint density at radius 1 is 1.44 bits per heavy atom. The van der Waals surface area contributed by atoms with Crippen molar-refractivity contribution in [1.82, 2.24) is 5.32 Å². The fourth-order valence-corrected chi connectivity index (χ4v) is 2.74. The van der Waals surface area contributed by atoms with Crippen LogP contribution in [0.3, 0.4) is 0 Å². The lowest BCUT2D eigenvalue weighted by Gasteiger charge is -2.38. The van der Waals surface area contributed by atoms with Gasteiger partial charge < -0.3 is 10.1 Å². The van der Waals surface area contributed by atoms with E-state index in [4.69, 9.17) is 10.00 Å². The summed E-state index contributed by atoms with van der Waals surface area (Å²) in [5.74, 6) is 2.04. The quantitative estimate of drug-likeness (QED) is 0.818. The summed E-state index contributed by atoms with van der Waals surface area (Å²) < 4.78 is 6.09. The number of hydrogen-bond acceptors (Lipinski definition) is 3. The van der Waals surface area contributed by atoms with E-state index in [0.29, 0.717) is 24.5 Å². The van der Waals surface area contributed by atoms with E-state index in [9.17, 15) is 0 Å². The first kappa shape index (κ1) is 15.5. The molecular formula is C15H28N2O. The molecule has 1 N–H and O–H groups in total. The Labute approximate surface area is 112 Å². The molecule has 1 aliphatic rings. The molecule has 0 aromatic heterocycles. The van der Waals surface area contributed by atoms with E-state index in [2.05, 4.69) is 32.2 Å². The lowest BCUT2D eigenvalue weighted by atomic mass is 9.75. The number of rotatable bonds is 5. The van der Waals surface area contributed by atoms with Gasteiger partial charge in [0.15, 0.2) is 0 Å². The molecule has 0 aliphatic heterocycles. The Kier molecular flexibility index (Phi) is 5.62. The predicted molar refractivity (Wildman–Crippen MR) is 74.2 cm³/mol. The molecule has 18 heavy (non-hydrogen) atoms. The number of likely N-dealkylation sites (N-methyl/N-ethyl adjacent to an activating group) is 1. The van der Waals surface area contributed by atoms with Gasteiger partial charge in [0.05, 0.1) is 18.8 Å². The largest absolute Gasteiger partial charge is 0.375 e. The molecule has 0 bridgehead atoms. The van der Waals surface area contributed by atoms with E-state index in [1.165, 1.54) is 12.8 Å². The number of ether oxygens (including phenoxy) is 1. The average Bonchev–Trinajstić information content (AvgIpc) is 2.35. The molecule has 0 heterocycles. The third-order valence-electron chi connectivity index (χ3n) is 4.35. The van der Waals surface area contributed by atoms with Crippen molar-refractivity contribution in [2.45, 2.75) is 58.6 Å². The van der Waals surface area contributed by atoms with E-state index in [1.807, 2.05) is 14.0 Å². The fraction of sp³-hybridized carbons (Fsp3) is 0.933. The highest BCUT2D eigenvalue weighted by Gasteiger charge is 2.33. The maximum absolute atomic E-state index is 9.15. The van der Waals surface area contributed by atoms with Gasteiger partial charge in [-0.1, -0.05) is 27.2 Å². The van der Waals surface area contributed by atoms with Crippen LogP contribution in [0.4, 0.5) is 0 Å². The van der Waals surface area contributed by atoms with E-state index >= 15 is 0 Å². The molecule has 0 amide bonds. The standard InChI is InChI=1S/C15H28N2O/c1-11(2)13-7-6-12(3)8-14(13)18-10-15(4,9-16)17-5/h11-14,17H,6-8,10H2,1-5H3. The smallest absolute Gasteiger partial charge is 0.127 e. The topological polar surface area (TPSA) is 45.0 Å². The van der Waals surface area contributed by atoms with Gasteiger partial charge in [0.2, 0.25) is 0 Å². The van der Waals surface area contributed by atoms with Crippen LogP contribution in [-0.4, -0.2) is 25.3 Å². The highest BCUT2D eigenvalue weighted by molar-refractivity contribution is 5.03. The van der Waals surface area contributed by atoms with Gasteiger partial charge in [-0.3, -0.25) is 0 Å². The summed E-state index contributed by atoms with van der Waals surface area (Å²) in [6, 6.07) is 2.29. The normalized spacial score (nSPS) is 31.9. The predicted octanol–water partition coefficient (Wildman–Crippen LogP) is 2.97. The third-order valence-corrected chi connectivity index (χ3v) is 4.35. The van der Waals surface area contributed by atoms with Crippen LogP contribution in [0, 0.1) is 29.1 Å². The van der Waals surface area contributed by atoms with Crippen molar-refractivity contribution in [3.8, 4) is 6.07 Å². The maximum Gasteiger partial charge on any atom is 0.127 e. The first-order chi connectivity index (χ1) is 8.41. The molecule has 1 rings (SSSR count). The van der Waals surface area contributed by atoms with Gasteiger partial charge in [-0.05, 0) is 44.6 Å². The molecule has 1 saturated carbocycles. The summed E-state index contributed by atoms with van der Waals surface area (Å²) in [7, 11) is 1.82. The summed E-state index contributed by atoms with van der Waals surface area (Å²) in [6.45, 7) is 9.22. The molecule has 3 nitrogen and oxygen atoms in total. The van der Waals surface area contributed by atoms with Gasteiger partial charge in [-0.2, -0.15) is 5.26 Å². The second-order valence-electron chi connectivity index (χ2n) is 6.37. The van der Waals surface area contributed by atoms with Crippen LogP contribution < -0.4 is 5.32 Å². The second-order valence-corrected chi connectivity index (χ2v) is 6.37. The minimum atomic E-state index is -0.567. The van der Waals surface area contributed by atoms with Crippen molar-refractivity contribution in [3.05, 3.63) is 0 Å². The molecular weight excluding hydrogens is 224 g/mol. The Hall–Kier alpha value is -0.590. The van der Waals surface area contributed by atoms with Crippen LogP contribution in [0.15, 0.2) is 0 Å². The summed E-state index contributed by atoms with van der Waals surface area (Å²) in [5.41, 5.74) is -0.567. The van der Waals surface area contributed by atoms with Crippen LogP contribution in [0.5, 0.6) is 0 Å². The zero-order valence-electron chi connectivity index (χ0n) is 12.5. The molecule has 4 atom stereocenters. The summed E-state index contributed by atoms with van der Waals surface area (Å²) in [6.07, 6.45) is 4.01. The number of hydrogen-bond donors (Lipinski definition) is 1. The van der Waals surface area contributed by atoms with Gasteiger partial charge >= 0.3 is 0 Å². The number of nitrogens with zero attached hydrogens (tertiary/aromatic N) is 1. The minimum Gasteiger partial charge on any atom is -0.375 e. The molecule has 1 aliphatic carbocycles. The van der Waals surface area contributed by atoms with Gasteiger partial charge in [-0.15, -0.1) is 0 Å². The van der Waals surface area contributed by atoms with Crippen LogP contribution in [0.25, 0.3) is 0 Å². The SMILES string of the molecule is CNC(C)(C#N)COC1CC(C)CCC1C(C)C. The zero-order valence-corrected chi connectivity index (χ0v) is 12.5. The highest BCUT2D eigenvalue weighted by Crippen LogP contribution is 2.35. The molecule has 4 unspecified atom stereocenters.